The minimum absolute atomic E-state index is 0.0579. The highest BCUT2D eigenvalue weighted by atomic mass is 32.2. The Hall–Kier alpha value is -0.130. The van der Waals surface area contributed by atoms with Crippen LogP contribution in [-0.2, 0) is 10.1 Å². The third kappa shape index (κ3) is 10.7. The Morgan fingerprint density at radius 3 is 1.24 bits per heavy atom. The van der Waals surface area contributed by atoms with E-state index >= 15 is 0 Å². The molecule has 0 aromatic carbocycles. The average Bonchev–Trinajstić information content (AvgIpc) is 2.19. The van der Waals surface area contributed by atoms with Crippen molar-refractivity contribution in [2.24, 2.45) is 5.92 Å². The zero-order valence-electron chi connectivity index (χ0n) is 12.2. The smallest absolute Gasteiger partial charge is 0.0948 e. The van der Waals surface area contributed by atoms with Crippen molar-refractivity contribution in [1.29, 1.82) is 0 Å². The fourth-order valence-corrected chi connectivity index (χ4v) is 2.57. The molecule has 0 fully saturated rings. The SMILES string of the molecule is CC(C)CS(=O)(=O)[O-].CC[N+](CC)(CC)CC. The van der Waals surface area contributed by atoms with E-state index in [1.807, 2.05) is 0 Å². The van der Waals surface area contributed by atoms with E-state index in [0.717, 1.165) is 0 Å². The van der Waals surface area contributed by atoms with E-state index in [1.54, 1.807) is 13.8 Å². The molecule has 17 heavy (non-hydrogen) atoms. The maximum Gasteiger partial charge on any atom is 0.0948 e. The van der Waals surface area contributed by atoms with Crippen LogP contribution in [0.2, 0.25) is 0 Å². The van der Waals surface area contributed by atoms with Crippen LogP contribution in [0.25, 0.3) is 0 Å². The molecule has 106 valence electrons. The topological polar surface area (TPSA) is 57.2 Å². The maximum absolute atomic E-state index is 9.89. The van der Waals surface area contributed by atoms with Crippen molar-refractivity contribution >= 4 is 10.1 Å². The zero-order valence-corrected chi connectivity index (χ0v) is 13.0. The lowest BCUT2D eigenvalue weighted by molar-refractivity contribution is -0.921. The van der Waals surface area contributed by atoms with Gasteiger partial charge in [-0.3, -0.25) is 0 Å². The quantitative estimate of drug-likeness (QED) is 0.547. The number of hydrogen-bond acceptors (Lipinski definition) is 3. The first-order valence-corrected chi connectivity index (χ1v) is 8.02. The predicted molar refractivity (Wildman–Crippen MR) is 71.8 cm³/mol. The van der Waals surface area contributed by atoms with Crippen LogP contribution in [0.4, 0.5) is 0 Å². The minimum Gasteiger partial charge on any atom is -0.748 e. The van der Waals surface area contributed by atoms with Gasteiger partial charge >= 0.3 is 0 Å². The van der Waals surface area contributed by atoms with Crippen molar-refractivity contribution in [2.45, 2.75) is 41.5 Å². The van der Waals surface area contributed by atoms with Gasteiger partial charge in [0.2, 0.25) is 0 Å². The van der Waals surface area contributed by atoms with Crippen LogP contribution in [0.3, 0.4) is 0 Å². The van der Waals surface area contributed by atoms with Gasteiger partial charge in [-0.25, -0.2) is 8.42 Å². The highest BCUT2D eigenvalue weighted by molar-refractivity contribution is 7.85. The van der Waals surface area contributed by atoms with Gasteiger partial charge in [-0.05, 0) is 33.6 Å². The fourth-order valence-electron chi connectivity index (χ4n) is 1.75. The van der Waals surface area contributed by atoms with Crippen molar-refractivity contribution < 1.29 is 17.5 Å². The summed E-state index contributed by atoms with van der Waals surface area (Å²) in [6.45, 7) is 17.6. The Morgan fingerprint density at radius 1 is 0.941 bits per heavy atom. The van der Waals surface area contributed by atoms with Gasteiger partial charge in [0.15, 0.2) is 0 Å². The molecular weight excluding hydrogens is 238 g/mol. The van der Waals surface area contributed by atoms with E-state index in [-0.39, 0.29) is 11.7 Å². The molecule has 0 amide bonds. The third-order valence-corrected chi connectivity index (χ3v) is 4.30. The van der Waals surface area contributed by atoms with Gasteiger partial charge in [0.25, 0.3) is 0 Å². The molecule has 0 heterocycles. The Kier molecular flexibility index (Phi) is 10.0. The number of rotatable bonds is 6. The van der Waals surface area contributed by atoms with Crippen LogP contribution in [0.5, 0.6) is 0 Å². The molecule has 0 spiro atoms. The number of hydrogen-bond donors (Lipinski definition) is 0. The van der Waals surface area contributed by atoms with E-state index in [1.165, 1.54) is 30.7 Å². The van der Waals surface area contributed by atoms with Crippen LogP contribution in [-0.4, -0.2) is 49.4 Å². The number of quaternary nitrogens is 1. The highest BCUT2D eigenvalue weighted by Crippen LogP contribution is 2.03. The molecule has 0 rings (SSSR count). The van der Waals surface area contributed by atoms with Crippen LogP contribution in [0.15, 0.2) is 0 Å². The molecule has 0 saturated carbocycles. The van der Waals surface area contributed by atoms with Crippen LogP contribution in [0, 0.1) is 5.92 Å². The highest BCUT2D eigenvalue weighted by Gasteiger charge is 2.16. The van der Waals surface area contributed by atoms with Crippen molar-refractivity contribution in [3.05, 3.63) is 0 Å². The molecule has 0 unspecified atom stereocenters. The standard InChI is InChI=1S/C8H20N.C4H10O3S/c1-5-9(6-2,7-3)8-4;1-4(2)3-8(5,6)7/h5-8H2,1-4H3;4H,3H2,1-2H3,(H,5,6,7)/q+1;/p-1. The first kappa shape index (κ1) is 19.2. The predicted octanol–water partition coefficient (Wildman–Crippen LogP) is 2.07. The molecule has 0 aromatic rings. The molecule has 0 aliphatic heterocycles. The summed E-state index contributed by atoms with van der Waals surface area (Å²) in [7, 11) is -3.97. The molecule has 0 aromatic heterocycles. The summed E-state index contributed by atoms with van der Waals surface area (Å²) in [4.78, 5) is 0. The van der Waals surface area contributed by atoms with Gasteiger partial charge in [0.1, 0.15) is 0 Å². The van der Waals surface area contributed by atoms with Gasteiger partial charge in [0.05, 0.1) is 36.3 Å². The van der Waals surface area contributed by atoms with Gasteiger partial charge in [0, 0.05) is 5.75 Å². The van der Waals surface area contributed by atoms with Gasteiger partial charge in [-0.1, -0.05) is 13.8 Å². The Morgan fingerprint density at radius 2 is 1.24 bits per heavy atom. The lowest BCUT2D eigenvalue weighted by atomic mass is 10.3. The summed E-state index contributed by atoms with van der Waals surface area (Å²) in [5, 5.41) is 0. The molecule has 0 radical (unpaired) electrons. The zero-order chi connectivity index (χ0) is 14.1. The second-order valence-electron chi connectivity index (χ2n) is 4.72. The number of nitrogens with zero attached hydrogens (tertiary/aromatic N) is 1. The van der Waals surface area contributed by atoms with E-state index in [9.17, 15) is 13.0 Å². The largest absolute Gasteiger partial charge is 0.748 e. The van der Waals surface area contributed by atoms with Crippen molar-refractivity contribution in [1.82, 2.24) is 0 Å². The van der Waals surface area contributed by atoms with Crippen molar-refractivity contribution in [2.75, 3.05) is 31.9 Å². The summed E-state index contributed by atoms with van der Waals surface area (Å²) >= 11 is 0. The summed E-state index contributed by atoms with van der Waals surface area (Å²) < 4.78 is 30.9. The summed E-state index contributed by atoms with van der Waals surface area (Å²) in [5.74, 6) is -0.315. The second-order valence-corrected chi connectivity index (χ2v) is 6.17. The van der Waals surface area contributed by atoms with Crippen molar-refractivity contribution in [3.63, 3.8) is 0 Å². The summed E-state index contributed by atoms with van der Waals surface area (Å²) in [6, 6.07) is 0. The average molecular weight is 267 g/mol. The summed E-state index contributed by atoms with van der Waals surface area (Å²) in [5.41, 5.74) is 0. The molecule has 0 N–H and O–H groups in total. The van der Waals surface area contributed by atoms with Crippen LogP contribution >= 0.6 is 0 Å². The second kappa shape index (κ2) is 8.89. The van der Waals surface area contributed by atoms with Gasteiger partial charge in [-0.2, -0.15) is 0 Å². The first-order chi connectivity index (χ1) is 7.66. The maximum atomic E-state index is 9.89. The monoisotopic (exact) mass is 267 g/mol. The molecule has 0 bridgehead atoms. The first-order valence-electron chi connectivity index (χ1n) is 6.44. The molecule has 0 aliphatic rings. The lowest BCUT2D eigenvalue weighted by Crippen LogP contribution is -2.47. The normalized spacial score (nSPS) is 12.2. The minimum atomic E-state index is -3.97. The Labute approximate surface area is 107 Å². The molecule has 0 aliphatic carbocycles. The molecule has 4 nitrogen and oxygen atoms in total. The summed E-state index contributed by atoms with van der Waals surface area (Å²) in [6.07, 6.45) is 0. The van der Waals surface area contributed by atoms with E-state index in [0.29, 0.717) is 0 Å². The lowest BCUT2D eigenvalue weighted by Gasteiger charge is -2.34. The Bertz CT molecular complexity index is 252. The van der Waals surface area contributed by atoms with Gasteiger partial charge in [-0.15, -0.1) is 0 Å². The van der Waals surface area contributed by atoms with E-state index in [2.05, 4.69) is 27.7 Å². The van der Waals surface area contributed by atoms with E-state index < -0.39 is 10.1 Å². The van der Waals surface area contributed by atoms with Crippen LogP contribution in [0.1, 0.15) is 41.5 Å². The molecular formula is C12H29NO3S. The van der Waals surface area contributed by atoms with Gasteiger partial charge < -0.3 is 9.04 Å². The van der Waals surface area contributed by atoms with E-state index in [4.69, 9.17) is 0 Å². The molecule has 0 atom stereocenters. The van der Waals surface area contributed by atoms with Crippen LogP contribution < -0.4 is 0 Å². The molecule has 5 heteroatoms. The Balaban J connectivity index is 0. The molecule has 0 saturated heterocycles. The fraction of sp³-hybridized carbons (Fsp3) is 1.00. The third-order valence-electron chi connectivity index (χ3n) is 3.22. The van der Waals surface area contributed by atoms with Crippen molar-refractivity contribution in [3.8, 4) is 0 Å².